The van der Waals surface area contributed by atoms with Crippen molar-refractivity contribution in [2.45, 2.75) is 6.42 Å². The molecule has 0 atom stereocenters. The fourth-order valence-corrected chi connectivity index (χ4v) is 2.54. The van der Waals surface area contributed by atoms with Gasteiger partial charge in [-0.05, 0) is 24.3 Å². The number of furan rings is 1. The van der Waals surface area contributed by atoms with Crippen molar-refractivity contribution >= 4 is 46.6 Å². The van der Waals surface area contributed by atoms with E-state index in [0.717, 1.165) is 16.7 Å². The minimum absolute atomic E-state index is 0. The van der Waals surface area contributed by atoms with Crippen LogP contribution in [0.5, 0.6) is 11.5 Å². The van der Waals surface area contributed by atoms with Crippen molar-refractivity contribution in [2.24, 2.45) is 10.7 Å². The maximum Gasteiger partial charge on any atom is 0.193 e. The minimum Gasteiger partial charge on any atom is -0.497 e. The van der Waals surface area contributed by atoms with Gasteiger partial charge in [-0.25, -0.2) is 0 Å². The number of guanidine groups is 1. The number of nitrogens with zero attached hydrogens (tertiary/aromatic N) is 1. The normalized spacial score (nSPS) is 11.1. The molecular weight excluding hydrogens is 445 g/mol. The van der Waals surface area contributed by atoms with E-state index in [-0.39, 0.29) is 24.0 Å². The van der Waals surface area contributed by atoms with Gasteiger partial charge in [0.25, 0.3) is 0 Å². The number of nitrogens with two attached hydrogens (primary N) is 1. The van der Waals surface area contributed by atoms with Crippen molar-refractivity contribution in [1.29, 1.82) is 0 Å². The molecule has 7 heteroatoms. The summed E-state index contributed by atoms with van der Waals surface area (Å²) in [5.41, 5.74) is 7.56. The summed E-state index contributed by atoms with van der Waals surface area (Å²) >= 11 is 0. The molecule has 3 aromatic rings. The number of hydrogen-bond donors (Lipinski definition) is 2. The third-order valence-corrected chi connectivity index (χ3v) is 3.79. The average Bonchev–Trinajstić information content (AvgIpc) is 3.04. The van der Waals surface area contributed by atoms with Crippen LogP contribution in [0.25, 0.3) is 11.0 Å². The summed E-state index contributed by atoms with van der Waals surface area (Å²) < 4.78 is 16.3. The zero-order valence-corrected chi connectivity index (χ0v) is 17.0. The predicted octanol–water partition coefficient (Wildman–Crippen LogP) is 4.04. The van der Waals surface area contributed by atoms with Crippen LogP contribution in [-0.2, 0) is 6.42 Å². The molecule has 6 nitrogen and oxygen atoms in total. The fourth-order valence-electron chi connectivity index (χ4n) is 2.54. The van der Waals surface area contributed by atoms with Gasteiger partial charge in [-0.2, -0.15) is 0 Å². The number of anilines is 1. The molecule has 0 bridgehead atoms. The summed E-state index contributed by atoms with van der Waals surface area (Å²) in [5.74, 6) is 2.56. The quantitative estimate of drug-likeness (QED) is 0.325. The molecule has 0 amide bonds. The largest absolute Gasteiger partial charge is 0.497 e. The Morgan fingerprint density at radius 3 is 2.65 bits per heavy atom. The van der Waals surface area contributed by atoms with Crippen molar-refractivity contribution in [1.82, 2.24) is 0 Å². The van der Waals surface area contributed by atoms with Crippen LogP contribution in [0.1, 0.15) is 5.76 Å². The summed E-state index contributed by atoms with van der Waals surface area (Å²) in [6.07, 6.45) is 0.673. The number of fused-ring (bicyclic) bond motifs is 1. The molecule has 0 saturated carbocycles. The van der Waals surface area contributed by atoms with Gasteiger partial charge in [0.15, 0.2) is 5.96 Å². The molecule has 1 heterocycles. The van der Waals surface area contributed by atoms with Gasteiger partial charge in [-0.3, -0.25) is 4.99 Å². The van der Waals surface area contributed by atoms with Crippen LogP contribution in [0, 0.1) is 0 Å². The fraction of sp³-hybridized carbons (Fsp3) is 0.211. The van der Waals surface area contributed by atoms with Gasteiger partial charge >= 0.3 is 0 Å². The van der Waals surface area contributed by atoms with E-state index in [4.69, 9.17) is 19.6 Å². The molecule has 0 aliphatic heterocycles. The van der Waals surface area contributed by atoms with Crippen LogP contribution < -0.4 is 20.5 Å². The van der Waals surface area contributed by atoms with E-state index in [1.165, 1.54) is 0 Å². The topological polar surface area (TPSA) is 82.0 Å². The molecule has 1 aromatic heterocycles. The zero-order valence-electron chi connectivity index (χ0n) is 14.7. The molecule has 0 aliphatic carbocycles. The molecule has 0 unspecified atom stereocenters. The standard InChI is InChI=1S/C19H21N3O3.HI/c1-23-14-7-8-18(24-2)16(12-14)22-19(20)21-10-9-15-11-13-5-3-4-6-17(13)25-15;/h3-8,11-12H,9-10H2,1-2H3,(H3,20,21,22);1H. The molecule has 0 radical (unpaired) electrons. The lowest BCUT2D eigenvalue weighted by Crippen LogP contribution is -2.23. The molecule has 0 aliphatic rings. The first-order valence-corrected chi connectivity index (χ1v) is 7.96. The number of halogens is 1. The lowest BCUT2D eigenvalue weighted by Gasteiger charge is -2.12. The van der Waals surface area contributed by atoms with Gasteiger partial charge < -0.3 is 24.9 Å². The Bertz CT molecular complexity index is 860. The van der Waals surface area contributed by atoms with Crippen molar-refractivity contribution in [2.75, 3.05) is 26.1 Å². The first kappa shape index (κ1) is 19.9. The van der Waals surface area contributed by atoms with Gasteiger partial charge in [-0.1, -0.05) is 18.2 Å². The Morgan fingerprint density at radius 1 is 1.12 bits per heavy atom. The second-order valence-corrected chi connectivity index (χ2v) is 5.46. The van der Waals surface area contributed by atoms with E-state index in [0.29, 0.717) is 36.1 Å². The highest BCUT2D eigenvalue weighted by atomic mass is 127. The van der Waals surface area contributed by atoms with Crippen LogP contribution in [0.3, 0.4) is 0 Å². The third kappa shape index (κ3) is 4.81. The lowest BCUT2D eigenvalue weighted by atomic mass is 10.2. The third-order valence-electron chi connectivity index (χ3n) is 3.79. The summed E-state index contributed by atoms with van der Waals surface area (Å²) in [5, 5.41) is 4.13. The number of rotatable bonds is 6. The molecule has 138 valence electrons. The smallest absolute Gasteiger partial charge is 0.193 e. The highest BCUT2D eigenvalue weighted by molar-refractivity contribution is 14.0. The molecular formula is C19H22IN3O3. The number of hydrogen-bond acceptors (Lipinski definition) is 4. The zero-order chi connectivity index (χ0) is 17.6. The molecule has 0 fully saturated rings. The maximum absolute atomic E-state index is 5.97. The molecule has 3 rings (SSSR count). The van der Waals surface area contributed by atoms with Gasteiger partial charge in [0.05, 0.1) is 19.9 Å². The van der Waals surface area contributed by atoms with Gasteiger partial charge in [0, 0.05) is 24.4 Å². The number of benzene rings is 2. The molecule has 0 spiro atoms. The summed E-state index contributed by atoms with van der Waals surface area (Å²) in [4.78, 5) is 4.34. The van der Waals surface area contributed by atoms with Crippen LogP contribution in [0.15, 0.2) is 57.9 Å². The second-order valence-electron chi connectivity index (χ2n) is 5.46. The summed E-state index contributed by atoms with van der Waals surface area (Å²) in [6.45, 7) is 0.519. The van der Waals surface area contributed by atoms with Crippen molar-refractivity contribution in [3.63, 3.8) is 0 Å². The maximum atomic E-state index is 5.97. The Morgan fingerprint density at radius 2 is 1.92 bits per heavy atom. The van der Waals surface area contributed by atoms with E-state index in [1.54, 1.807) is 20.3 Å². The number of para-hydroxylation sites is 1. The van der Waals surface area contributed by atoms with Gasteiger partial charge in [-0.15, -0.1) is 24.0 Å². The highest BCUT2D eigenvalue weighted by Crippen LogP contribution is 2.28. The van der Waals surface area contributed by atoms with E-state index in [2.05, 4.69) is 10.3 Å². The molecule has 3 N–H and O–H groups in total. The van der Waals surface area contributed by atoms with Gasteiger partial charge in [0.1, 0.15) is 22.8 Å². The predicted molar refractivity (Wildman–Crippen MR) is 115 cm³/mol. The Hall–Kier alpha value is -2.42. The van der Waals surface area contributed by atoms with Crippen LogP contribution in [0.4, 0.5) is 5.69 Å². The number of nitrogens with one attached hydrogen (secondary N) is 1. The SMILES string of the molecule is COc1ccc(OC)c(NC(N)=NCCc2cc3ccccc3o2)c1.I. The Kier molecular flexibility index (Phi) is 7.14. The van der Waals surface area contributed by atoms with E-state index in [1.807, 2.05) is 42.5 Å². The second kappa shape index (κ2) is 9.33. The Balaban J connectivity index is 0.00000243. The van der Waals surface area contributed by atoms with Crippen molar-refractivity contribution in [3.05, 3.63) is 54.3 Å². The lowest BCUT2D eigenvalue weighted by molar-refractivity contribution is 0.405. The van der Waals surface area contributed by atoms with Crippen molar-refractivity contribution in [3.8, 4) is 11.5 Å². The summed E-state index contributed by atoms with van der Waals surface area (Å²) in [7, 11) is 3.21. The van der Waals surface area contributed by atoms with Crippen molar-refractivity contribution < 1.29 is 13.9 Å². The van der Waals surface area contributed by atoms with E-state index < -0.39 is 0 Å². The minimum atomic E-state index is 0. The van der Waals surface area contributed by atoms with E-state index in [9.17, 15) is 0 Å². The highest BCUT2D eigenvalue weighted by Gasteiger charge is 2.06. The van der Waals surface area contributed by atoms with Crippen LogP contribution in [-0.4, -0.2) is 26.7 Å². The molecule has 26 heavy (non-hydrogen) atoms. The number of methoxy groups -OCH3 is 2. The monoisotopic (exact) mass is 467 g/mol. The number of aliphatic imine (C=N–C) groups is 1. The first-order chi connectivity index (χ1) is 12.2. The Labute approximate surface area is 169 Å². The molecule has 0 saturated heterocycles. The number of ether oxygens (including phenoxy) is 2. The van der Waals surface area contributed by atoms with Crippen LogP contribution >= 0.6 is 24.0 Å². The molecule has 2 aromatic carbocycles. The van der Waals surface area contributed by atoms with Crippen LogP contribution in [0.2, 0.25) is 0 Å². The average molecular weight is 467 g/mol. The van der Waals surface area contributed by atoms with E-state index >= 15 is 0 Å². The first-order valence-electron chi connectivity index (χ1n) is 7.96. The van der Waals surface area contributed by atoms with Gasteiger partial charge in [0.2, 0.25) is 0 Å². The summed E-state index contributed by atoms with van der Waals surface area (Å²) in [6, 6.07) is 15.4.